The highest BCUT2D eigenvalue weighted by Gasteiger charge is 2.55. The van der Waals surface area contributed by atoms with Crippen LogP contribution in [0.2, 0.25) is 0 Å². The topological polar surface area (TPSA) is 388 Å². The van der Waals surface area contributed by atoms with Crippen LogP contribution in [0.15, 0.2) is 30.3 Å². The van der Waals surface area contributed by atoms with Crippen molar-refractivity contribution in [2.75, 3.05) is 0 Å². The number of hydrogen-bond donors (Lipinski definition) is 0. The highest BCUT2D eigenvalue weighted by atomic mass is 16.7. The van der Waals surface area contributed by atoms with Gasteiger partial charge in [0, 0.05) is 6.07 Å². The molecule has 3 aromatic carbocycles. The zero-order valence-electron chi connectivity index (χ0n) is 20.8. The third-order valence-electron chi connectivity index (χ3n) is 5.72. The maximum atomic E-state index is 12.0. The lowest BCUT2D eigenvalue weighted by Crippen LogP contribution is -2.10. The van der Waals surface area contributed by atoms with E-state index in [4.69, 9.17) is 0 Å². The van der Waals surface area contributed by atoms with Crippen LogP contribution < -0.4 is 0 Å². The molecule has 0 fully saturated rings. The highest BCUT2D eigenvalue weighted by Crippen LogP contribution is 2.56. The Morgan fingerprint density at radius 2 is 0.689 bits per heavy atom. The number of nitro groups is 9. The average molecular weight is 635 g/mol. The molecule has 0 heterocycles. The summed E-state index contributed by atoms with van der Waals surface area (Å²) in [7, 11) is 0. The molecule has 0 unspecified atom stereocenters. The molecule has 0 aliphatic heterocycles. The molecule has 0 saturated carbocycles. The molecule has 0 saturated heterocycles. The van der Waals surface area contributed by atoms with Crippen LogP contribution in [0, 0.1) is 91.0 Å². The first-order valence-electron chi connectivity index (χ1n) is 10.7. The lowest BCUT2D eigenvalue weighted by atomic mass is 9.93. The molecule has 27 heteroatoms. The first kappa shape index (κ1) is 31.8. The van der Waals surface area contributed by atoms with Gasteiger partial charge in [0.15, 0.2) is 5.56 Å². The Bertz CT molecular complexity index is 1920. The van der Waals surface area contributed by atoms with Crippen molar-refractivity contribution in [3.63, 3.8) is 0 Å². The quantitative estimate of drug-likeness (QED) is 0.210. The lowest BCUT2D eigenvalue weighted by molar-refractivity contribution is -0.459. The summed E-state index contributed by atoms with van der Waals surface area (Å²) in [5, 5.41) is 106. The highest BCUT2D eigenvalue weighted by molar-refractivity contribution is 5.99. The van der Waals surface area contributed by atoms with Gasteiger partial charge in [-0.25, -0.2) is 0 Å². The minimum Gasteiger partial charge on any atom is -0.258 e. The molecule has 0 radical (unpaired) electrons. The van der Waals surface area contributed by atoms with Gasteiger partial charge in [-0.1, -0.05) is 18.2 Å². The van der Waals surface area contributed by atoms with Gasteiger partial charge in [0.2, 0.25) is 0 Å². The Morgan fingerprint density at radius 3 is 1.04 bits per heavy atom. The van der Waals surface area contributed by atoms with E-state index in [1.54, 1.807) is 0 Å². The van der Waals surface area contributed by atoms with Crippen molar-refractivity contribution in [1.29, 1.82) is 0 Å². The second kappa shape index (κ2) is 11.3. The second-order valence-corrected chi connectivity index (χ2v) is 8.00. The minimum absolute atomic E-state index is 0.117. The van der Waals surface area contributed by atoms with E-state index in [-0.39, 0.29) is 6.07 Å². The van der Waals surface area contributed by atoms with Crippen LogP contribution in [0.1, 0.15) is 0 Å². The zero-order chi connectivity index (χ0) is 34.2. The summed E-state index contributed by atoms with van der Waals surface area (Å²) in [5.41, 5.74) is -22.7. The van der Waals surface area contributed by atoms with Gasteiger partial charge in [0.1, 0.15) is 0 Å². The predicted octanol–water partition coefficient (Wildman–Crippen LogP) is 4.19. The Hall–Kier alpha value is -7.74. The molecule has 0 N–H and O–H groups in total. The van der Waals surface area contributed by atoms with Crippen LogP contribution in [0.25, 0.3) is 22.3 Å². The standard InChI is InChI=1S/C18H5N9O18/c28-19(29)9-5-8(11(20(30)31)15(24(38)39)12(9)21(32)33)6-2-1-3-7(4-6)10-13(22(34)35)16(25(40)41)18(27(44)45)17(26(42)43)14(10)23(36)37/h1-5H. The third-order valence-corrected chi connectivity index (χ3v) is 5.72. The monoisotopic (exact) mass is 635 g/mol. The maximum Gasteiger partial charge on any atom is 0.437 e. The van der Waals surface area contributed by atoms with Crippen LogP contribution >= 0.6 is 0 Å². The Balaban J connectivity index is 2.70. The molecule has 27 nitrogen and oxygen atoms in total. The molecule has 0 amide bonds. The molecule has 0 aliphatic carbocycles. The smallest absolute Gasteiger partial charge is 0.258 e. The second-order valence-electron chi connectivity index (χ2n) is 8.00. The van der Waals surface area contributed by atoms with E-state index in [1.165, 1.54) is 0 Å². The first-order valence-corrected chi connectivity index (χ1v) is 10.7. The summed E-state index contributed by atoms with van der Waals surface area (Å²) in [5.74, 6) is 0. The average Bonchev–Trinajstić information content (AvgIpc) is 2.93. The van der Waals surface area contributed by atoms with E-state index in [0.29, 0.717) is 12.1 Å². The molecule has 0 atom stereocenters. The van der Waals surface area contributed by atoms with E-state index < -0.39 is 118 Å². The van der Waals surface area contributed by atoms with Gasteiger partial charge in [0.05, 0.1) is 49.9 Å². The van der Waals surface area contributed by atoms with E-state index >= 15 is 0 Å². The molecule has 3 rings (SSSR count). The number of nitrogens with zero attached hydrogens (tertiary/aromatic N) is 9. The molecular weight excluding hydrogens is 630 g/mol. The molecule has 0 bridgehead atoms. The summed E-state index contributed by atoms with van der Waals surface area (Å²) in [6.07, 6.45) is 0. The molecule has 230 valence electrons. The largest absolute Gasteiger partial charge is 0.437 e. The van der Waals surface area contributed by atoms with Gasteiger partial charge in [-0.3, -0.25) is 91.0 Å². The molecule has 0 spiro atoms. The Labute approximate surface area is 239 Å². The molecule has 3 aromatic rings. The number of nitro benzene ring substituents is 9. The Morgan fingerprint density at radius 1 is 0.356 bits per heavy atom. The summed E-state index contributed by atoms with van der Waals surface area (Å²) in [4.78, 5) is 90.2. The summed E-state index contributed by atoms with van der Waals surface area (Å²) < 4.78 is 0. The van der Waals surface area contributed by atoms with Crippen molar-refractivity contribution in [1.82, 2.24) is 0 Å². The van der Waals surface area contributed by atoms with E-state index in [2.05, 4.69) is 0 Å². The fraction of sp³-hybridized carbons (Fsp3) is 0. The van der Waals surface area contributed by atoms with Crippen molar-refractivity contribution in [3.05, 3.63) is 121 Å². The molecule has 45 heavy (non-hydrogen) atoms. The zero-order valence-corrected chi connectivity index (χ0v) is 20.8. The van der Waals surface area contributed by atoms with Crippen molar-refractivity contribution in [3.8, 4) is 22.3 Å². The normalized spacial score (nSPS) is 10.5. The van der Waals surface area contributed by atoms with Crippen molar-refractivity contribution < 1.29 is 44.3 Å². The summed E-state index contributed by atoms with van der Waals surface area (Å²) in [6.45, 7) is 0. The summed E-state index contributed by atoms with van der Waals surface area (Å²) >= 11 is 0. The fourth-order valence-electron chi connectivity index (χ4n) is 4.21. The van der Waals surface area contributed by atoms with Gasteiger partial charge in [-0.05, 0) is 17.2 Å². The van der Waals surface area contributed by atoms with Gasteiger partial charge < -0.3 is 0 Å². The maximum absolute atomic E-state index is 12.0. The van der Waals surface area contributed by atoms with E-state index in [1.807, 2.05) is 0 Å². The summed E-state index contributed by atoms with van der Waals surface area (Å²) in [6, 6.07) is 2.64. The van der Waals surface area contributed by atoms with Gasteiger partial charge >= 0.3 is 51.2 Å². The Kier molecular flexibility index (Phi) is 7.96. The number of hydrogen-bond acceptors (Lipinski definition) is 18. The van der Waals surface area contributed by atoms with E-state index in [0.717, 1.165) is 12.1 Å². The van der Waals surface area contributed by atoms with Gasteiger partial charge in [-0.2, -0.15) is 0 Å². The van der Waals surface area contributed by atoms with Crippen molar-refractivity contribution in [2.45, 2.75) is 0 Å². The van der Waals surface area contributed by atoms with Crippen LogP contribution in [-0.4, -0.2) is 44.3 Å². The third kappa shape index (κ3) is 5.22. The van der Waals surface area contributed by atoms with Crippen molar-refractivity contribution >= 4 is 51.2 Å². The predicted molar refractivity (Wildman–Crippen MR) is 137 cm³/mol. The lowest BCUT2D eigenvalue weighted by Gasteiger charge is -2.09. The fourth-order valence-corrected chi connectivity index (χ4v) is 4.21. The number of rotatable bonds is 11. The molecule has 0 aliphatic rings. The van der Waals surface area contributed by atoms with Gasteiger partial charge in [-0.15, -0.1) is 0 Å². The molecular formula is C18H5N9O18. The van der Waals surface area contributed by atoms with E-state index in [9.17, 15) is 91.0 Å². The number of benzene rings is 3. The van der Waals surface area contributed by atoms with Crippen LogP contribution in [0.4, 0.5) is 51.2 Å². The first-order chi connectivity index (χ1) is 20.8. The molecule has 0 aromatic heterocycles. The van der Waals surface area contributed by atoms with Crippen LogP contribution in [0.5, 0.6) is 0 Å². The minimum atomic E-state index is -2.25. The van der Waals surface area contributed by atoms with Crippen LogP contribution in [0.3, 0.4) is 0 Å². The van der Waals surface area contributed by atoms with Crippen LogP contribution in [-0.2, 0) is 0 Å². The van der Waals surface area contributed by atoms with Crippen molar-refractivity contribution in [2.24, 2.45) is 0 Å². The van der Waals surface area contributed by atoms with Gasteiger partial charge in [0.25, 0.3) is 0 Å². The SMILES string of the molecule is O=[N+]([O-])c1cc(-c2cccc(-c3c([N+](=O)[O-])c([N+](=O)[O-])c([N+](=O)[O-])c([N+](=O)[O-])c3[N+](=O)[O-])c2)c([N+](=O)[O-])c([N+](=O)[O-])c1[N+](=O)[O-].